The molecule has 82 valence electrons. The molecule has 2 rings (SSSR count). The minimum atomic E-state index is 0.873. The SMILES string of the molecule is COc1ccc(-c2cc(C)[o+]c(C)c2)cc1. The summed E-state index contributed by atoms with van der Waals surface area (Å²) in [7, 11) is 1.67. The fourth-order valence-corrected chi connectivity index (χ4v) is 1.74. The van der Waals surface area contributed by atoms with Crippen LogP contribution in [0, 0.1) is 13.8 Å². The molecule has 0 radical (unpaired) electrons. The van der Waals surface area contributed by atoms with E-state index in [0.29, 0.717) is 0 Å². The van der Waals surface area contributed by atoms with Gasteiger partial charge in [-0.1, -0.05) is 12.1 Å². The molecular formula is C14H15O2+. The lowest BCUT2D eigenvalue weighted by Gasteiger charge is -2.02. The van der Waals surface area contributed by atoms with E-state index in [0.717, 1.165) is 17.3 Å². The van der Waals surface area contributed by atoms with E-state index in [-0.39, 0.29) is 0 Å². The molecule has 1 aromatic carbocycles. The summed E-state index contributed by atoms with van der Waals surface area (Å²) in [5.74, 6) is 2.72. The van der Waals surface area contributed by atoms with E-state index in [4.69, 9.17) is 9.15 Å². The standard InChI is InChI=1S/C14H15O2/c1-10-8-13(9-11(2)16-10)12-4-6-14(15-3)7-5-12/h4-9H,1-3H3/q+1. The summed E-state index contributed by atoms with van der Waals surface area (Å²) < 4.78 is 10.6. The summed E-state index contributed by atoms with van der Waals surface area (Å²) in [6.45, 7) is 3.92. The van der Waals surface area contributed by atoms with Crippen molar-refractivity contribution in [3.05, 3.63) is 47.9 Å². The summed E-state index contributed by atoms with van der Waals surface area (Å²) in [4.78, 5) is 0. The van der Waals surface area contributed by atoms with E-state index in [9.17, 15) is 0 Å². The summed E-state index contributed by atoms with van der Waals surface area (Å²) >= 11 is 0. The lowest BCUT2D eigenvalue weighted by molar-refractivity contribution is 0.415. The Morgan fingerprint density at radius 2 is 1.44 bits per heavy atom. The maximum atomic E-state index is 5.46. The maximum Gasteiger partial charge on any atom is 0.327 e. The van der Waals surface area contributed by atoms with Gasteiger partial charge in [-0.05, 0) is 23.3 Å². The van der Waals surface area contributed by atoms with Crippen LogP contribution in [0.25, 0.3) is 11.1 Å². The van der Waals surface area contributed by atoms with Gasteiger partial charge < -0.3 is 4.74 Å². The third-order valence-electron chi connectivity index (χ3n) is 2.46. The van der Waals surface area contributed by atoms with Gasteiger partial charge in [0.05, 0.1) is 21.0 Å². The molecule has 0 amide bonds. The number of ether oxygens (including phenoxy) is 1. The number of benzene rings is 1. The molecule has 0 aliphatic carbocycles. The Kier molecular flexibility index (Phi) is 2.91. The minimum absolute atomic E-state index is 0.873. The second kappa shape index (κ2) is 4.35. The molecule has 2 aromatic rings. The van der Waals surface area contributed by atoms with Crippen molar-refractivity contribution in [2.75, 3.05) is 7.11 Å². The fraction of sp³-hybridized carbons (Fsp3) is 0.214. The van der Waals surface area contributed by atoms with E-state index >= 15 is 0 Å². The quantitative estimate of drug-likeness (QED) is 0.709. The maximum absolute atomic E-state index is 5.46. The molecule has 0 bridgehead atoms. The number of hydrogen-bond donors (Lipinski definition) is 0. The van der Waals surface area contributed by atoms with E-state index in [1.807, 2.05) is 50.2 Å². The Morgan fingerprint density at radius 1 is 0.875 bits per heavy atom. The van der Waals surface area contributed by atoms with Gasteiger partial charge in [0.2, 0.25) is 0 Å². The van der Waals surface area contributed by atoms with E-state index in [2.05, 4.69) is 0 Å². The Labute approximate surface area is 95.5 Å². The molecule has 16 heavy (non-hydrogen) atoms. The van der Waals surface area contributed by atoms with Crippen LogP contribution in [0.3, 0.4) is 0 Å². The molecule has 0 aliphatic rings. The normalized spacial score (nSPS) is 10.2. The molecule has 0 unspecified atom stereocenters. The van der Waals surface area contributed by atoms with Crippen molar-refractivity contribution in [2.45, 2.75) is 13.8 Å². The van der Waals surface area contributed by atoms with Gasteiger partial charge in [0.25, 0.3) is 0 Å². The molecule has 2 nitrogen and oxygen atoms in total. The molecule has 0 fully saturated rings. The number of hydrogen-bond acceptors (Lipinski definition) is 1. The first kappa shape index (κ1) is 10.7. The number of aryl methyl sites for hydroxylation is 2. The minimum Gasteiger partial charge on any atom is -0.497 e. The molecule has 2 heteroatoms. The molecule has 0 saturated carbocycles. The van der Waals surface area contributed by atoms with Gasteiger partial charge in [-0.25, -0.2) is 4.42 Å². The van der Waals surface area contributed by atoms with Crippen LogP contribution in [0.1, 0.15) is 11.5 Å². The van der Waals surface area contributed by atoms with Crippen LogP contribution in [0.5, 0.6) is 5.75 Å². The Balaban J connectivity index is 2.42. The first-order chi connectivity index (χ1) is 7.69. The van der Waals surface area contributed by atoms with Crippen LogP contribution in [0.2, 0.25) is 0 Å². The van der Waals surface area contributed by atoms with Crippen LogP contribution in [0.15, 0.2) is 40.8 Å². The number of methoxy groups -OCH3 is 1. The molecule has 0 N–H and O–H groups in total. The van der Waals surface area contributed by atoms with Crippen LogP contribution >= 0.6 is 0 Å². The number of rotatable bonds is 2. The average Bonchev–Trinajstić information content (AvgIpc) is 2.28. The first-order valence-corrected chi connectivity index (χ1v) is 5.25. The zero-order valence-corrected chi connectivity index (χ0v) is 9.78. The van der Waals surface area contributed by atoms with Crippen molar-refractivity contribution in [1.82, 2.24) is 0 Å². The van der Waals surface area contributed by atoms with Crippen LogP contribution in [-0.4, -0.2) is 7.11 Å². The second-order valence-corrected chi connectivity index (χ2v) is 3.80. The van der Waals surface area contributed by atoms with Crippen molar-refractivity contribution in [2.24, 2.45) is 0 Å². The third kappa shape index (κ3) is 2.22. The zero-order valence-electron chi connectivity index (χ0n) is 9.78. The highest BCUT2D eigenvalue weighted by molar-refractivity contribution is 5.64. The first-order valence-electron chi connectivity index (χ1n) is 5.25. The van der Waals surface area contributed by atoms with E-state index in [1.54, 1.807) is 7.11 Å². The highest BCUT2D eigenvalue weighted by Crippen LogP contribution is 2.24. The van der Waals surface area contributed by atoms with E-state index in [1.165, 1.54) is 11.1 Å². The molecule has 0 spiro atoms. The third-order valence-corrected chi connectivity index (χ3v) is 2.46. The second-order valence-electron chi connectivity index (χ2n) is 3.80. The predicted octanol–water partition coefficient (Wildman–Crippen LogP) is 3.85. The lowest BCUT2D eigenvalue weighted by Crippen LogP contribution is -1.84. The van der Waals surface area contributed by atoms with Gasteiger partial charge in [0.1, 0.15) is 5.75 Å². The Bertz CT molecular complexity index is 466. The average molecular weight is 215 g/mol. The molecule has 0 aliphatic heterocycles. The summed E-state index contributed by atoms with van der Waals surface area (Å²) in [6, 6.07) is 12.1. The monoisotopic (exact) mass is 215 g/mol. The Morgan fingerprint density at radius 3 is 1.94 bits per heavy atom. The van der Waals surface area contributed by atoms with Crippen molar-refractivity contribution >= 4 is 0 Å². The highest BCUT2D eigenvalue weighted by Gasteiger charge is 2.09. The van der Waals surface area contributed by atoms with Crippen molar-refractivity contribution in [1.29, 1.82) is 0 Å². The van der Waals surface area contributed by atoms with Crippen molar-refractivity contribution in [3.63, 3.8) is 0 Å². The van der Waals surface area contributed by atoms with Gasteiger partial charge in [0.15, 0.2) is 0 Å². The van der Waals surface area contributed by atoms with Gasteiger partial charge >= 0.3 is 11.5 Å². The van der Waals surface area contributed by atoms with E-state index < -0.39 is 0 Å². The smallest absolute Gasteiger partial charge is 0.327 e. The van der Waals surface area contributed by atoms with Crippen LogP contribution in [0.4, 0.5) is 0 Å². The molecular weight excluding hydrogens is 200 g/mol. The summed E-state index contributed by atoms with van der Waals surface area (Å²) in [6.07, 6.45) is 0. The summed E-state index contributed by atoms with van der Waals surface area (Å²) in [5, 5.41) is 0. The molecule has 0 atom stereocenters. The van der Waals surface area contributed by atoms with Crippen molar-refractivity contribution < 1.29 is 9.15 Å². The molecule has 0 saturated heterocycles. The van der Waals surface area contributed by atoms with Gasteiger partial charge in [-0.2, -0.15) is 0 Å². The van der Waals surface area contributed by atoms with Gasteiger partial charge in [-0.15, -0.1) is 0 Å². The fourth-order valence-electron chi connectivity index (χ4n) is 1.74. The largest absolute Gasteiger partial charge is 0.497 e. The molecule has 1 aromatic heterocycles. The van der Waals surface area contributed by atoms with Gasteiger partial charge in [0, 0.05) is 12.1 Å². The predicted molar refractivity (Wildman–Crippen MR) is 64.6 cm³/mol. The summed E-state index contributed by atoms with van der Waals surface area (Å²) in [5.41, 5.74) is 2.34. The zero-order chi connectivity index (χ0) is 11.5. The van der Waals surface area contributed by atoms with Crippen molar-refractivity contribution in [3.8, 4) is 16.9 Å². The lowest BCUT2D eigenvalue weighted by atomic mass is 10.1. The Hall–Kier alpha value is -1.83. The topological polar surface area (TPSA) is 20.5 Å². The van der Waals surface area contributed by atoms with Crippen LogP contribution < -0.4 is 4.74 Å². The van der Waals surface area contributed by atoms with Gasteiger partial charge in [-0.3, -0.25) is 0 Å². The van der Waals surface area contributed by atoms with Crippen LogP contribution in [-0.2, 0) is 0 Å². The molecule has 1 heterocycles. The highest BCUT2D eigenvalue weighted by atomic mass is 16.5.